The Hall–Kier alpha value is -0.650. The Bertz CT molecular complexity index is 522. The number of nitrogens with one attached hydrogen (secondary N) is 1. The summed E-state index contributed by atoms with van der Waals surface area (Å²) >= 11 is 10.6. The maximum atomic E-state index is 11.0. The summed E-state index contributed by atoms with van der Waals surface area (Å²) in [5, 5.41) is 6.37. The molecule has 0 fully saturated rings. The normalized spacial score (nSPS) is 10.4. The highest BCUT2D eigenvalue weighted by molar-refractivity contribution is 9.11. The smallest absolute Gasteiger partial charge is 0.266 e. The molecule has 0 aliphatic rings. The highest BCUT2D eigenvalue weighted by Gasteiger charge is 2.05. The predicted molar refractivity (Wildman–Crippen MR) is 60.9 cm³/mol. The van der Waals surface area contributed by atoms with Gasteiger partial charge in [-0.3, -0.25) is 4.79 Å². The van der Waals surface area contributed by atoms with E-state index in [1.807, 2.05) is 12.1 Å². The van der Waals surface area contributed by atoms with E-state index in [1.165, 1.54) is 11.3 Å². The van der Waals surface area contributed by atoms with E-state index < -0.39 is 0 Å². The number of H-pyrrole nitrogens is 1. The van der Waals surface area contributed by atoms with Gasteiger partial charge in [0.1, 0.15) is 10.7 Å². The van der Waals surface area contributed by atoms with Crippen LogP contribution in [0.2, 0.25) is 5.02 Å². The Balaban J connectivity index is 2.52. The van der Waals surface area contributed by atoms with Gasteiger partial charge in [-0.2, -0.15) is 5.10 Å². The lowest BCUT2D eigenvalue weighted by Crippen LogP contribution is -2.08. The van der Waals surface area contributed by atoms with Gasteiger partial charge in [-0.15, -0.1) is 11.3 Å². The van der Waals surface area contributed by atoms with E-state index in [1.54, 1.807) is 6.07 Å². The number of hydrogen-bond acceptors (Lipinski definition) is 3. The van der Waals surface area contributed by atoms with Crippen molar-refractivity contribution in [2.24, 2.45) is 0 Å². The van der Waals surface area contributed by atoms with Gasteiger partial charge in [0.25, 0.3) is 5.56 Å². The van der Waals surface area contributed by atoms with Crippen molar-refractivity contribution in [3.8, 4) is 10.6 Å². The molecule has 0 unspecified atom stereocenters. The van der Waals surface area contributed by atoms with Crippen LogP contribution >= 0.6 is 38.9 Å². The first-order valence-electron chi connectivity index (χ1n) is 3.68. The van der Waals surface area contributed by atoms with Crippen LogP contribution in [-0.2, 0) is 0 Å². The van der Waals surface area contributed by atoms with Crippen LogP contribution in [0.4, 0.5) is 0 Å². The molecule has 6 heteroatoms. The highest BCUT2D eigenvalue weighted by Crippen LogP contribution is 2.29. The largest absolute Gasteiger partial charge is 0.282 e. The molecular weight excluding hydrogens is 288 g/mol. The maximum absolute atomic E-state index is 11.0. The van der Waals surface area contributed by atoms with E-state index in [4.69, 9.17) is 11.6 Å². The number of hydrogen-bond donors (Lipinski definition) is 1. The lowest BCUT2D eigenvalue weighted by molar-refractivity contribution is 0.998. The van der Waals surface area contributed by atoms with Gasteiger partial charge in [0, 0.05) is 0 Å². The first-order chi connectivity index (χ1) is 6.66. The van der Waals surface area contributed by atoms with Crippen molar-refractivity contribution < 1.29 is 0 Å². The summed E-state index contributed by atoms with van der Waals surface area (Å²) in [4.78, 5) is 11.9. The first kappa shape index (κ1) is 9.89. The number of rotatable bonds is 1. The number of nitrogens with zero attached hydrogens (tertiary/aromatic N) is 1. The molecule has 0 aromatic carbocycles. The van der Waals surface area contributed by atoms with Crippen LogP contribution < -0.4 is 5.56 Å². The van der Waals surface area contributed by atoms with Gasteiger partial charge < -0.3 is 0 Å². The third kappa shape index (κ3) is 1.89. The van der Waals surface area contributed by atoms with E-state index in [0.29, 0.717) is 5.69 Å². The maximum Gasteiger partial charge on any atom is 0.282 e. The monoisotopic (exact) mass is 290 g/mol. The minimum atomic E-state index is -0.369. The molecule has 0 radical (unpaired) electrons. The van der Waals surface area contributed by atoms with Crippen LogP contribution in [0, 0.1) is 0 Å². The van der Waals surface area contributed by atoms with Crippen LogP contribution in [0.15, 0.2) is 26.8 Å². The van der Waals surface area contributed by atoms with Crippen molar-refractivity contribution in [2.45, 2.75) is 0 Å². The Morgan fingerprint density at radius 2 is 2.29 bits per heavy atom. The van der Waals surface area contributed by atoms with E-state index >= 15 is 0 Å². The minimum Gasteiger partial charge on any atom is -0.266 e. The summed E-state index contributed by atoms with van der Waals surface area (Å²) in [5.74, 6) is 0. The number of aromatic amines is 1. The molecule has 0 aliphatic heterocycles. The third-order valence-electron chi connectivity index (χ3n) is 1.58. The van der Waals surface area contributed by atoms with Gasteiger partial charge in [0.15, 0.2) is 0 Å². The zero-order valence-corrected chi connectivity index (χ0v) is 9.91. The molecule has 2 heterocycles. The highest BCUT2D eigenvalue weighted by atomic mass is 79.9. The zero-order chi connectivity index (χ0) is 10.1. The summed E-state index contributed by atoms with van der Waals surface area (Å²) in [6.45, 7) is 0. The second-order valence-electron chi connectivity index (χ2n) is 2.53. The SMILES string of the molecule is O=c1[nH]nc(-c2ccc(Br)s2)cc1Cl. The van der Waals surface area contributed by atoms with Gasteiger partial charge in [0.05, 0.1) is 8.66 Å². The number of thiophene rings is 1. The molecule has 2 aromatic heterocycles. The second-order valence-corrected chi connectivity index (χ2v) is 5.40. The standard InChI is InChI=1S/C8H4BrClN2OS/c9-7-2-1-6(14-7)5-3-4(10)8(13)12-11-5/h1-3H,(H,12,13). The minimum absolute atomic E-state index is 0.152. The summed E-state index contributed by atoms with van der Waals surface area (Å²) < 4.78 is 1.01. The molecule has 0 saturated carbocycles. The molecule has 0 aliphatic carbocycles. The average Bonchev–Trinajstić information content (AvgIpc) is 2.57. The van der Waals surface area contributed by atoms with Crippen LogP contribution in [0.5, 0.6) is 0 Å². The summed E-state index contributed by atoms with van der Waals surface area (Å²) in [6, 6.07) is 5.38. The van der Waals surface area contributed by atoms with Crippen LogP contribution in [0.1, 0.15) is 0 Å². The van der Waals surface area contributed by atoms with E-state index in [2.05, 4.69) is 26.1 Å². The lowest BCUT2D eigenvalue weighted by Gasteiger charge is -1.94. The second kappa shape index (κ2) is 3.84. The van der Waals surface area contributed by atoms with Gasteiger partial charge in [-0.05, 0) is 34.1 Å². The molecule has 3 nitrogen and oxygen atoms in total. The van der Waals surface area contributed by atoms with E-state index in [-0.39, 0.29) is 10.6 Å². The average molecular weight is 292 g/mol. The fourth-order valence-electron chi connectivity index (χ4n) is 0.960. The molecule has 2 rings (SSSR count). The molecule has 14 heavy (non-hydrogen) atoms. The molecule has 0 bridgehead atoms. The van der Waals surface area contributed by atoms with Crippen molar-refractivity contribution in [3.63, 3.8) is 0 Å². The molecule has 1 N–H and O–H groups in total. The topological polar surface area (TPSA) is 45.8 Å². The predicted octanol–water partition coefficient (Wildman–Crippen LogP) is 2.91. The summed E-state index contributed by atoms with van der Waals surface area (Å²) in [5.41, 5.74) is 0.302. The molecule has 0 spiro atoms. The van der Waals surface area contributed by atoms with Gasteiger partial charge in [0.2, 0.25) is 0 Å². The summed E-state index contributed by atoms with van der Waals surface area (Å²) in [6.07, 6.45) is 0. The van der Waals surface area contributed by atoms with Crippen molar-refractivity contribution in [1.29, 1.82) is 0 Å². The number of aromatic nitrogens is 2. The molecule has 72 valence electrons. The van der Waals surface area contributed by atoms with Crippen molar-refractivity contribution in [1.82, 2.24) is 10.2 Å². The third-order valence-corrected chi connectivity index (χ3v) is 3.51. The Morgan fingerprint density at radius 3 is 2.86 bits per heavy atom. The Kier molecular flexibility index (Phi) is 2.71. The lowest BCUT2D eigenvalue weighted by atomic mass is 10.3. The zero-order valence-electron chi connectivity index (χ0n) is 6.75. The van der Waals surface area contributed by atoms with Gasteiger partial charge in [-0.25, -0.2) is 5.10 Å². The fraction of sp³-hybridized carbons (Fsp3) is 0. The van der Waals surface area contributed by atoms with Crippen LogP contribution in [0.3, 0.4) is 0 Å². The molecule has 2 aromatic rings. The van der Waals surface area contributed by atoms with Crippen molar-refractivity contribution in [3.05, 3.63) is 37.4 Å². The van der Waals surface area contributed by atoms with E-state index in [9.17, 15) is 4.79 Å². The quantitative estimate of drug-likeness (QED) is 0.878. The number of halogens is 2. The molecule has 0 atom stereocenters. The Morgan fingerprint density at radius 1 is 1.50 bits per heavy atom. The fourth-order valence-corrected chi connectivity index (χ4v) is 2.45. The van der Waals surface area contributed by atoms with Crippen molar-refractivity contribution >= 4 is 38.9 Å². The van der Waals surface area contributed by atoms with Gasteiger partial charge >= 0.3 is 0 Å². The van der Waals surface area contributed by atoms with Gasteiger partial charge in [-0.1, -0.05) is 11.6 Å². The molecular formula is C8H4BrClN2OS. The molecule has 0 saturated heterocycles. The Labute approximate surface area is 96.9 Å². The molecule has 0 amide bonds. The van der Waals surface area contributed by atoms with Crippen LogP contribution in [-0.4, -0.2) is 10.2 Å². The summed E-state index contributed by atoms with van der Waals surface area (Å²) in [7, 11) is 0. The van der Waals surface area contributed by atoms with Crippen LogP contribution in [0.25, 0.3) is 10.6 Å². The van der Waals surface area contributed by atoms with Crippen molar-refractivity contribution in [2.75, 3.05) is 0 Å². The first-order valence-corrected chi connectivity index (χ1v) is 5.66. The van der Waals surface area contributed by atoms with E-state index in [0.717, 1.165) is 8.66 Å².